The lowest BCUT2D eigenvalue weighted by atomic mass is 10.4. The molecular weight excluding hydrogens is 328 g/mol. The zero-order valence-electron chi connectivity index (χ0n) is 10.8. The number of halogens is 1. The van der Waals surface area contributed by atoms with Crippen LogP contribution in [0.1, 0.15) is 10.8 Å². The molecule has 5 nitrogen and oxygen atoms in total. The van der Waals surface area contributed by atoms with Crippen molar-refractivity contribution in [2.24, 2.45) is 5.73 Å². The Kier molecular flexibility index (Phi) is 4.54. The summed E-state index contributed by atoms with van der Waals surface area (Å²) in [4.78, 5) is 9.76. The SMILES string of the molecule is NCc1nc(-c2nc(CSc3ccc(Cl)cc3)no2)cs1. The van der Waals surface area contributed by atoms with Crippen LogP contribution < -0.4 is 5.73 Å². The van der Waals surface area contributed by atoms with Gasteiger partial charge in [-0.15, -0.1) is 23.1 Å². The van der Waals surface area contributed by atoms with E-state index in [0.29, 0.717) is 29.7 Å². The number of thiazole rings is 1. The van der Waals surface area contributed by atoms with Gasteiger partial charge in [-0.1, -0.05) is 16.8 Å². The van der Waals surface area contributed by atoms with Crippen molar-refractivity contribution in [1.29, 1.82) is 0 Å². The van der Waals surface area contributed by atoms with Crippen LogP contribution in [0.5, 0.6) is 0 Å². The smallest absolute Gasteiger partial charge is 0.277 e. The fourth-order valence-electron chi connectivity index (χ4n) is 1.60. The van der Waals surface area contributed by atoms with Crippen LogP contribution in [0.3, 0.4) is 0 Å². The van der Waals surface area contributed by atoms with Gasteiger partial charge in [0.05, 0.1) is 5.75 Å². The van der Waals surface area contributed by atoms with Crippen LogP contribution in [-0.2, 0) is 12.3 Å². The average molecular weight is 339 g/mol. The second-order valence-corrected chi connectivity index (χ2v) is 6.52. The molecule has 21 heavy (non-hydrogen) atoms. The summed E-state index contributed by atoms with van der Waals surface area (Å²) < 4.78 is 5.22. The Morgan fingerprint density at radius 1 is 1.24 bits per heavy atom. The molecule has 0 amide bonds. The number of hydrogen-bond donors (Lipinski definition) is 1. The fourth-order valence-corrected chi connectivity index (χ4v) is 3.11. The van der Waals surface area contributed by atoms with Crippen molar-refractivity contribution in [2.75, 3.05) is 0 Å². The maximum atomic E-state index is 5.85. The van der Waals surface area contributed by atoms with Gasteiger partial charge >= 0.3 is 0 Å². The van der Waals surface area contributed by atoms with E-state index in [1.165, 1.54) is 11.3 Å². The minimum Gasteiger partial charge on any atom is -0.332 e. The quantitative estimate of drug-likeness (QED) is 0.716. The molecule has 0 aliphatic rings. The normalized spacial score (nSPS) is 11.0. The molecule has 108 valence electrons. The van der Waals surface area contributed by atoms with Crippen molar-refractivity contribution in [3.05, 3.63) is 45.5 Å². The summed E-state index contributed by atoms with van der Waals surface area (Å²) in [5, 5.41) is 7.40. The Bertz CT molecular complexity index is 726. The maximum Gasteiger partial charge on any atom is 0.277 e. The second-order valence-electron chi connectivity index (χ2n) is 4.09. The molecule has 0 atom stereocenters. The monoisotopic (exact) mass is 338 g/mol. The third kappa shape index (κ3) is 3.62. The molecule has 3 rings (SSSR count). The Morgan fingerprint density at radius 2 is 2.05 bits per heavy atom. The molecule has 2 N–H and O–H groups in total. The summed E-state index contributed by atoms with van der Waals surface area (Å²) in [7, 11) is 0. The van der Waals surface area contributed by atoms with Crippen molar-refractivity contribution in [2.45, 2.75) is 17.2 Å². The fraction of sp³-hybridized carbons (Fsp3) is 0.154. The summed E-state index contributed by atoms with van der Waals surface area (Å²) in [5.74, 6) is 1.68. The summed E-state index contributed by atoms with van der Waals surface area (Å²) in [6.07, 6.45) is 0. The second kappa shape index (κ2) is 6.57. The van der Waals surface area contributed by atoms with E-state index in [2.05, 4.69) is 15.1 Å². The minimum absolute atomic E-state index is 0.415. The molecule has 0 spiro atoms. The van der Waals surface area contributed by atoms with E-state index in [-0.39, 0.29) is 0 Å². The highest BCUT2D eigenvalue weighted by molar-refractivity contribution is 7.98. The first kappa shape index (κ1) is 14.5. The topological polar surface area (TPSA) is 77.8 Å². The number of hydrogen-bond acceptors (Lipinski definition) is 7. The third-order valence-corrected chi connectivity index (χ3v) is 4.73. The summed E-state index contributed by atoms with van der Waals surface area (Å²) in [5.41, 5.74) is 6.21. The van der Waals surface area contributed by atoms with E-state index in [1.54, 1.807) is 11.8 Å². The van der Waals surface area contributed by atoms with Gasteiger partial charge < -0.3 is 10.3 Å². The lowest BCUT2D eigenvalue weighted by Crippen LogP contribution is -1.94. The van der Waals surface area contributed by atoms with E-state index in [9.17, 15) is 0 Å². The zero-order valence-corrected chi connectivity index (χ0v) is 13.2. The van der Waals surface area contributed by atoms with Crippen molar-refractivity contribution in [1.82, 2.24) is 15.1 Å². The van der Waals surface area contributed by atoms with Crippen LogP contribution in [0, 0.1) is 0 Å². The first-order valence-electron chi connectivity index (χ1n) is 6.10. The molecule has 0 bridgehead atoms. The van der Waals surface area contributed by atoms with Crippen LogP contribution >= 0.6 is 34.7 Å². The third-order valence-electron chi connectivity index (χ3n) is 2.60. The molecule has 2 aromatic heterocycles. The van der Waals surface area contributed by atoms with Gasteiger partial charge in [0, 0.05) is 21.8 Å². The highest BCUT2D eigenvalue weighted by Gasteiger charge is 2.12. The van der Waals surface area contributed by atoms with Crippen LogP contribution in [0.15, 0.2) is 39.1 Å². The molecule has 2 heterocycles. The number of thioether (sulfide) groups is 1. The van der Waals surface area contributed by atoms with E-state index >= 15 is 0 Å². The molecule has 1 aromatic carbocycles. The Labute approximate surface area is 134 Å². The molecule has 8 heteroatoms. The van der Waals surface area contributed by atoms with E-state index in [1.807, 2.05) is 29.6 Å². The van der Waals surface area contributed by atoms with Crippen molar-refractivity contribution in [3.63, 3.8) is 0 Å². The Hall–Kier alpha value is -1.41. The lowest BCUT2D eigenvalue weighted by Gasteiger charge is -1.97. The van der Waals surface area contributed by atoms with Crippen LogP contribution in [0.25, 0.3) is 11.6 Å². The predicted octanol–water partition coefficient (Wildman–Crippen LogP) is 3.60. The highest BCUT2D eigenvalue weighted by atomic mass is 35.5. The maximum absolute atomic E-state index is 5.85. The molecule has 0 saturated carbocycles. The molecule has 0 radical (unpaired) electrons. The van der Waals surface area contributed by atoms with Gasteiger partial charge in [0.15, 0.2) is 5.82 Å². The largest absolute Gasteiger partial charge is 0.332 e. The molecular formula is C13H11ClN4OS2. The van der Waals surface area contributed by atoms with E-state index in [4.69, 9.17) is 21.9 Å². The van der Waals surface area contributed by atoms with Gasteiger partial charge in [-0.05, 0) is 24.3 Å². The standard InChI is InChI=1S/C13H11ClN4OS2/c14-8-1-3-9(4-2-8)20-7-11-17-13(19-18-11)10-6-21-12(5-15)16-10/h1-4,6H,5,7,15H2. The first-order valence-corrected chi connectivity index (χ1v) is 8.34. The number of benzene rings is 1. The number of nitrogens with two attached hydrogens (primary N) is 1. The van der Waals surface area contributed by atoms with Crippen LogP contribution in [-0.4, -0.2) is 15.1 Å². The van der Waals surface area contributed by atoms with E-state index in [0.717, 1.165) is 14.9 Å². The van der Waals surface area contributed by atoms with Gasteiger partial charge in [0.2, 0.25) is 0 Å². The lowest BCUT2D eigenvalue weighted by molar-refractivity contribution is 0.424. The summed E-state index contributed by atoms with van der Waals surface area (Å²) in [6, 6.07) is 7.63. The Morgan fingerprint density at radius 3 is 2.76 bits per heavy atom. The van der Waals surface area contributed by atoms with Crippen molar-refractivity contribution >= 4 is 34.7 Å². The molecule has 0 unspecified atom stereocenters. The van der Waals surface area contributed by atoms with Gasteiger partial charge in [-0.25, -0.2) is 4.98 Å². The minimum atomic E-state index is 0.415. The zero-order chi connectivity index (χ0) is 14.7. The predicted molar refractivity (Wildman–Crippen MR) is 84.3 cm³/mol. The average Bonchev–Trinajstić information content (AvgIpc) is 3.15. The summed E-state index contributed by atoms with van der Waals surface area (Å²) in [6.45, 7) is 0.415. The molecule has 3 aromatic rings. The van der Waals surface area contributed by atoms with Crippen LogP contribution in [0.4, 0.5) is 0 Å². The number of nitrogens with zero attached hydrogens (tertiary/aromatic N) is 3. The van der Waals surface area contributed by atoms with Crippen molar-refractivity contribution in [3.8, 4) is 11.6 Å². The summed E-state index contributed by atoms with van der Waals surface area (Å²) >= 11 is 8.95. The van der Waals surface area contributed by atoms with Gasteiger partial charge in [0.25, 0.3) is 5.89 Å². The number of aromatic nitrogens is 3. The molecule has 0 aliphatic carbocycles. The van der Waals surface area contributed by atoms with Gasteiger partial charge in [-0.2, -0.15) is 4.98 Å². The van der Waals surface area contributed by atoms with Crippen LogP contribution in [0.2, 0.25) is 5.02 Å². The van der Waals surface area contributed by atoms with Gasteiger partial charge in [-0.3, -0.25) is 0 Å². The number of rotatable bonds is 5. The highest BCUT2D eigenvalue weighted by Crippen LogP contribution is 2.25. The van der Waals surface area contributed by atoms with Gasteiger partial charge in [0.1, 0.15) is 10.7 Å². The van der Waals surface area contributed by atoms with Crippen molar-refractivity contribution < 1.29 is 4.52 Å². The first-order chi connectivity index (χ1) is 10.2. The molecule has 0 fully saturated rings. The van der Waals surface area contributed by atoms with E-state index < -0.39 is 0 Å². The Balaban J connectivity index is 1.66. The molecule has 0 saturated heterocycles. The molecule has 0 aliphatic heterocycles.